The van der Waals surface area contributed by atoms with E-state index in [9.17, 15) is 9.59 Å². The molecule has 0 saturated heterocycles. The van der Waals surface area contributed by atoms with Gasteiger partial charge in [0.2, 0.25) is 0 Å². The third kappa shape index (κ3) is 5.32. The van der Waals surface area contributed by atoms with Gasteiger partial charge in [-0.25, -0.2) is 0 Å². The molecule has 0 aliphatic carbocycles. The zero-order chi connectivity index (χ0) is 10.4. The number of carbonyl (C=O) groups excluding carboxylic acids is 1. The molecule has 0 radical (unpaired) electrons. The summed E-state index contributed by atoms with van der Waals surface area (Å²) in [4.78, 5) is 21.2. The molecule has 2 unspecified atom stereocenters. The van der Waals surface area contributed by atoms with Crippen LogP contribution in [0, 0.1) is 5.92 Å². The summed E-state index contributed by atoms with van der Waals surface area (Å²) in [6, 6.07) is 0. The van der Waals surface area contributed by atoms with Gasteiger partial charge in [0.1, 0.15) is 5.78 Å². The highest BCUT2D eigenvalue weighted by Crippen LogP contribution is 2.12. The Morgan fingerprint density at radius 2 is 1.92 bits per heavy atom. The SMILES string of the molecule is CC(=O)CC(CC(O)CO)C(=O)O. The van der Waals surface area contributed by atoms with Crippen LogP contribution in [0.1, 0.15) is 19.8 Å². The summed E-state index contributed by atoms with van der Waals surface area (Å²) >= 11 is 0. The maximum atomic E-state index is 10.6. The average Bonchev–Trinajstić information content (AvgIpc) is 2.02. The first kappa shape index (κ1) is 12.1. The average molecular weight is 190 g/mol. The summed E-state index contributed by atoms with van der Waals surface area (Å²) in [5.74, 6) is -2.26. The summed E-state index contributed by atoms with van der Waals surface area (Å²) in [6.07, 6.45) is -1.27. The van der Waals surface area contributed by atoms with Crippen LogP contribution < -0.4 is 0 Å². The minimum Gasteiger partial charge on any atom is -0.481 e. The van der Waals surface area contributed by atoms with Crippen molar-refractivity contribution in [1.82, 2.24) is 0 Å². The van der Waals surface area contributed by atoms with Gasteiger partial charge in [0.15, 0.2) is 0 Å². The molecular formula is C8H14O5. The maximum Gasteiger partial charge on any atom is 0.307 e. The number of aliphatic carboxylic acids is 1. The lowest BCUT2D eigenvalue weighted by molar-refractivity contribution is -0.145. The van der Waals surface area contributed by atoms with Crippen molar-refractivity contribution in [2.75, 3.05) is 6.61 Å². The Morgan fingerprint density at radius 1 is 1.38 bits per heavy atom. The zero-order valence-electron chi connectivity index (χ0n) is 7.43. The van der Waals surface area contributed by atoms with Gasteiger partial charge in [0.25, 0.3) is 0 Å². The third-order valence-electron chi connectivity index (χ3n) is 1.65. The molecule has 0 aliphatic heterocycles. The first-order chi connectivity index (χ1) is 5.97. The predicted octanol–water partition coefficient (Wildman–Crippen LogP) is -0.590. The second-order valence-corrected chi connectivity index (χ2v) is 3.01. The normalized spacial score (nSPS) is 15.0. The van der Waals surface area contributed by atoms with Crippen molar-refractivity contribution in [3.8, 4) is 0 Å². The van der Waals surface area contributed by atoms with Crippen molar-refractivity contribution in [2.45, 2.75) is 25.9 Å². The molecule has 0 aromatic rings. The van der Waals surface area contributed by atoms with Crippen LogP contribution in [0.2, 0.25) is 0 Å². The molecule has 0 aromatic heterocycles. The number of hydrogen-bond acceptors (Lipinski definition) is 4. The van der Waals surface area contributed by atoms with Crippen molar-refractivity contribution in [2.24, 2.45) is 5.92 Å². The Bertz CT molecular complexity index is 189. The number of hydrogen-bond donors (Lipinski definition) is 3. The number of Topliss-reactive ketones (excluding diaryl/α,β-unsaturated/α-hetero) is 1. The number of ketones is 1. The third-order valence-corrected chi connectivity index (χ3v) is 1.65. The van der Waals surface area contributed by atoms with Gasteiger partial charge < -0.3 is 20.1 Å². The highest BCUT2D eigenvalue weighted by atomic mass is 16.4. The van der Waals surface area contributed by atoms with Gasteiger partial charge in [0, 0.05) is 6.42 Å². The van der Waals surface area contributed by atoms with Gasteiger partial charge >= 0.3 is 5.97 Å². The lowest BCUT2D eigenvalue weighted by Crippen LogP contribution is -2.24. The van der Waals surface area contributed by atoms with Gasteiger partial charge in [0.05, 0.1) is 18.6 Å². The smallest absolute Gasteiger partial charge is 0.307 e. The quantitative estimate of drug-likeness (QED) is 0.520. The minimum atomic E-state index is -1.12. The summed E-state index contributed by atoms with van der Waals surface area (Å²) in [6.45, 7) is 0.808. The highest BCUT2D eigenvalue weighted by Gasteiger charge is 2.22. The largest absolute Gasteiger partial charge is 0.481 e. The Kier molecular flexibility index (Phi) is 5.25. The Hall–Kier alpha value is -0.940. The first-order valence-corrected chi connectivity index (χ1v) is 3.98. The fourth-order valence-corrected chi connectivity index (χ4v) is 1.02. The molecule has 0 aliphatic rings. The van der Waals surface area contributed by atoms with Crippen molar-refractivity contribution in [3.05, 3.63) is 0 Å². The minimum absolute atomic E-state index is 0.0919. The lowest BCUT2D eigenvalue weighted by Gasteiger charge is -2.13. The molecule has 5 heteroatoms. The Labute approximate surface area is 76.0 Å². The van der Waals surface area contributed by atoms with Gasteiger partial charge in [-0.15, -0.1) is 0 Å². The number of aliphatic hydroxyl groups excluding tert-OH is 2. The maximum absolute atomic E-state index is 10.6. The molecule has 0 rings (SSSR count). The van der Waals surface area contributed by atoms with Crippen molar-refractivity contribution < 1.29 is 24.9 Å². The van der Waals surface area contributed by atoms with E-state index in [0.717, 1.165) is 0 Å². The first-order valence-electron chi connectivity index (χ1n) is 3.98. The lowest BCUT2D eigenvalue weighted by atomic mass is 9.96. The summed E-state index contributed by atoms with van der Waals surface area (Å²) < 4.78 is 0. The second kappa shape index (κ2) is 5.66. The van der Waals surface area contributed by atoms with Gasteiger partial charge in [-0.2, -0.15) is 0 Å². The monoisotopic (exact) mass is 190 g/mol. The molecule has 0 aromatic carbocycles. The molecule has 0 heterocycles. The van der Waals surface area contributed by atoms with Crippen LogP contribution in [0.3, 0.4) is 0 Å². The predicted molar refractivity (Wildman–Crippen MR) is 44.1 cm³/mol. The highest BCUT2D eigenvalue weighted by molar-refractivity contribution is 5.81. The van der Waals surface area contributed by atoms with Crippen LogP contribution in [0.4, 0.5) is 0 Å². The standard InChI is InChI=1S/C8H14O5/c1-5(10)2-6(8(12)13)3-7(11)4-9/h6-7,9,11H,2-4H2,1H3,(H,12,13). The molecule has 13 heavy (non-hydrogen) atoms. The van der Waals surface area contributed by atoms with Crippen molar-refractivity contribution in [3.63, 3.8) is 0 Å². The number of rotatable bonds is 6. The molecule has 0 amide bonds. The van der Waals surface area contributed by atoms with Crippen LogP contribution in [0.15, 0.2) is 0 Å². The number of carboxylic acids is 1. The molecule has 0 bridgehead atoms. The molecule has 0 saturated carbocycles. The summed E-state index contributed by atoms with van der Waals surface area (Å²) in [7, 11) is 0. The number of aliphatic hydroxyl groups is 2. The van der Waals surface area contributed by atoms with Crippen LogP contribution in [0.25, 0.3) is 0 Å². The van der Waals surface area contributed by atoms with E-state index in [0.29, 0.717) is 0 Å². The van der Waals surface area contributed by atoms with E-state index in [4.69, 9.17) is 15.3 Å². The fourth-order valence-electron chi connectivity index (χ4n) is 1.02. The van der Waals surface area contributed by atoms with E-state index in [1.165, 1.54) is 6.92 Å². The van der Waals surface area contributed by atoms with Crippen LogP contribution in [-0.4, -0.2) is 39.8 Å². The van der Waals surface area contributed by atoms with Gasteiger partial charge in [-0.3, -0.25) is 4.79 Å². The van der Waals surface area contributed by atoms with E-state index in [-0.39, 0.29) is 18.6 Å². The van der Waals surface area contributed by atoms with E-state index in [1.54, 1.807) is 0 Å². The Balaban J connectivity index is 4.10. The van der Waals surface area contributed by atoms with Gasteiger partial charge in [-0.05, 0) is 13.3 Å². The zero-order valence-corrected chi connectivity index (χ0v) is 7.43. The van der Waals surface area contributed by atoms with E-state index >= 15 is 0 Å². The Morgan fingerprint density at radius 3 is 2.23 bits per heavy atom. The number of carboxylic acid groups (broad SMARTS) is 1. The van der Waals surface area contributed by atoms with Crippen molar-refractivity contribution >= 4 is 11.8 Å². The van der Waals surface area contributed by atoms with Crippen molar-refractivity contribution in [1.29, 1.82) is 0 Å². The van der Waals surface area contributed by atoms with Crippen LogP contribution in [-0.2, 0) is 9.59 Å². The summed E-state index contributed by atoms with van der Waals surface area (Å²) in [5, 5.41) is 26.1. The van der Waals surface area contributed by atoms with Crippen LogP contribution >= 0.6 is 0 Å². The van der Waals surface area contributed by atoms with E-state index < -0.39 is 24.6 Å². The molecule has 0 spiro atoms. The molecule has 5 nitrogen and oxygen atoms in total. The summed E-state index contributed by atoms with van der Waals surface area (Å²) in [5.41, 5.74) is 0. The topological polar surface area (TPSA) is 94.8 Å². The second-order valence-electron chi connectivity index (χ2n) is 3.01. The fraction of sp³-hybridized carbons (Fsp3) is 0.750. The van der Waals surface area contributed by atoms with E-state index in [2.05, 4.69) is 0 Å². The van der Waals surface area contributed by atoms with Gasteiger partial charge in [-0.1, -0.05) is 0 Å². The molecule has 3 N–H and O–H groups in total. The molecule has 2 atom stereocenters. The molecular weight excluding hydrogens is 176 g/mol. The van der Waals surface area contributed by atoms with E-state index in [1.807, 2.05) is 0 Å². The van der Waals surface area contributed by atoms with Crippen LogP contribution in [0.5, 0.6) is 0 Å². The number of carbonyl (C=O) groups is 2. The molecule has 0 fully saturated rings. The molecule has 76 valence electrons.